The number of hydrogen-bond acceptors (Lipinski definition) is 22. The Morgan fingerprint density at radius 2 is 1.48 bits per heavy atom. The van der Waals surface area contributed by atoms with Crippen LogP contribution in [0.2, 0.25) is 0 Å². The van der Waals surface area contributed by atoms with Crippen LogP contribution in [-0.4, -0.2) is 126 Å². The fourth-order valence-corrected chi connectivity index (χ4v) is 14.9. The SMILES string of the molecule is [B][P@@]1(=O)OC[C@H]2O[C@@H](n3cnc4c(N)ccnc43)[C@H](F)[C@@H]2O[P@@](=O)(SCc2ccc(OC(=O)c3ccc(OCCn4nnc5c4-c4ccccc4N(C)Cc4ccccc4-5)cc3)cc2)OC[C@H]2O[C@@H](n3cnc4c(=O)[nH]c(N)nc43)[C@H](F)[C@@H]2O1. The van der Waals surface area contributed by atoms with Gasteiger partial charge in [-0.15, -0.1) is 5.10 Å². The molecule has 13 rings (SSSR count). The third-order valence-electron chi connectivity index (χ3n) is 14.5. The molecule has 3 saturated heterocycles. The Kier molecular flexibility index (Phi) is 14.7. The molecule has 430 valence electrons. The van der Waals surface area contributed by atoms with E-state index < -0.39 is 88.2 Å². The number of halogens is 2. The molecule has 4 aliphatic heterocycles. The summed E-state index contributed by atoms with van der Waals surface area (Å²) < 4.78 is 114. The first kappa shape index (κ1) is 55.4. The van der Waals surface area contributed by atoms with Crippen molar-refractivity contribution in [3.63, 3.8) is 0 Å². The summed E-state index contributed by atoms with van der Waals surface area (Å²) >= 11 is 0.645. The first-order valence-electron chi connectivity index (χ1n) is 26.1. The zero-order valence-corrected chi connectivity index (χ0v) is 46.7. The molecule has 5 N–H and O–H groups in total. The number of H-pyrrole nitrogens is 1. The Bertz CT molecular complexity index is 4150. The van der Waals surface area contributed by atoms with Crippen molar-refractivity contribution in [2.75, 3.05) is 43.2 Å². The van der Waals surface area contributed by atoms with E-state index in [2.05, 4.69) is 71.4 Å². The van der Waals surface area contributed by atoms with Gasteiger partial charge in [0.05, 0.1) is 49.4 Å². The quantitative estimate of drug-likeness (QED) is 0.0488. The zero-order chi connectivity index (χ0) is 58.0. The number of fused-ring (bicyclic) bond motifs is 9. The van der Waals surface area contributed by atoms with Crippen molar-refractivity contribution in [2.45, 2.75) is 68.1 Å². The van der Waals surface area contributed by atoms with Crippen LogP contribution in [0.15, 0.2) is 127 Å². The maximum absolute atomic E-state index is 17.0. The Balaban J connectivity index is 0.694. The molecule has 4 aromatic carbocycles. The molecule has 0 amide bonds. The van der Waals surface area contributed by atoms with Gasteiger partial charge in [0, 0.05) is 42.4 Å². The van der Waals surface area contributed by atoms with Gasteiger partial charge in [0.2, 0.25) is 13.5 Å². The van der Waals surface area contributed by atoms with Crippen molar-refractivity contribution in [3.05, 3.63) is 149 Å². The van der Waals surface area contributed by atoms with Gasteiger partial charge in [-0.25, -0.2) is 37.8 Å². The number of anilines is 3. The largest absolute Gasteiger partial charge is 0.492 e. The normalized spacial score (nSPS) is 26.0. The fourth-order valence-electron chi connectivity index (χ4n) is 10.5. The number of carbonyl (C=O) groups is 1. The molecule has 0 bridgehead atoms. The number of carbonyl (C=O) groups excluding carboxylic acids is 1. The molecule has 5 aromatic heterocycles. The number of rotatable bonds is 11. The van der Waals surface area contributed by atoms with Crippen molar-refractivity contribution < 1.29 is 59.7 Å². The number of aromatic amines is 1. The molecule has 0 spiro atoms. The molecule has 3 fully saturated rings. The second-order valence-electron chi connectivity index (χ2n) is 20.0. The standard InChI is InChI=1S/C53H48BF2N13O12P2S/c1-66-22-30-6-2-3-7-33(30)41-44(34-8-4-5-9-36(34)66)69(65-64-41)20-21-74-31-16-12-29(13-17-31)52(71)77-32-14-10-28(11-15-32)25-84-83(73)76-24-38-45(39(55)51(79-38)68-27-61-43-48(68)62-53(58)63-49(43)70)80-82(54,72)75-23-37-46(81-83)40(56)50(78-37)67-26-60-42-35(57)18-19-59-47(42)67/h2-19,26-27,37-40,45-46,50-51H,20-25H2,1H3,(H2,57,59)(H3,58,62,63,70)/t37-,38-,39-,40-,45-,46-,50-,51-,82-,83+/m1/s1. The summed E-state index contributed by atoms with van der Waals surface area (Å²) in [5.74, 6) is -0.353. The maximum atomic E-state index is 17.0. The Hall–Kier alpha value is -7.85. The van der Waals surface area contributed by atoms with E-state index in [1.54, 1.807) is 36.4 Å². The number of nitrogens with zero attached hydrogens (tertiary/aromatic N) is 10. The minimum absolute atomic E-state index is 0.101. The molecule has 25 nitrogen and oxygen atoms in total. The van der Waals surface area contributed by atoms with Crippen molar-refractivity contribution in [1.82, 2.24) is 49.0 Å². The fraction of sp³-hybridized carbons (Fsp3) is 0.283. The second kappa shape index (κ2) is 22.3. The number of nitrogen functional groups attached to an aromatic ring is 2. The average Bonchev–Trinajstić information content (AvgIpc) is 4.18. The predicted octanol–water partition coefficient (Wildman–Crippen LogP) is 7.51. The lowest BCUT2D eigenvalue weighted by Crippen LogP contribution is -2.37. The highest BCUT2D eigenvalue weighted by atomic mass is 32.7. The smallest absolute Gasteiger partial charge is 0.389 e. The van der Waals surface area contributed by atoms with E-state index in [9.17, 15) is 14.2 Å². The van der Waals surface area contributed by atoms with Crippen LogP contribution in [0.25, 0.3) is 44.8 Å². The molecule has 84 heavy (non-hydrogen) atoms. The van der Waals surface area contributed by atoms with Gasteiger partial charge >= 0.3 is 12.8 Å². The number of alkyl halides is 2. The first-order chi connectivity index (χ1) is 40.6. The van der Waals surface area contributed by atoms with Crippen LogP contribution in [0.3, 0.4) is 0 Å². The molecule has 9 heterocycles. The molecule has 2 radical (unpaired) electrons. The van der Waals surface area contributed by atoms with Gasteiger partial charge < -0.3 is 44.4 Å². The highest BCUT2D eigenvalue weighted by Crippen LogP contribution is 2.65. The third kappa shape index (κ3) is 10.6. The van der Waals surface area contributed by atoms with Crippen LogP contribution in [0.1, 0.15) is 33.9 Å². The van der Waals surface area contributed by atoms with E-state index in [-0.39, 0.29) is 57.6 Å². The lowest BCUT2D eigenvalue weighted by molar-refractivity contribution is -0.0546. The molecule has 9 aromatic rings. The van der Waals surface area contributed by atoms with Crippen molar-refractivity contribution >= 4 is 78.8 Å². The molecule has 0 unspecified atom stereocenters. The van der Waals surface area contributed by atoms with Gasteiger partial charge in [0.1, 0.15) is 53.7 Å². The molecule has 0 saturated carbocycles. The van der Waals surface area contributed by atoms with Gasteiger partial charge in [-0.05, 0) is 71.0 Å². The van der Waals surface area contributed by atoms with E-state index in [0.29, 0.717) is 35.8 Å². The third-order valence-corrected chi connectivity index (χ3v) is 19.2. The zero-order valence-electron chi connectivity index (χ0n) is 44.1. The number of benzene rings is 4. The minimum atomic E-state index is -4.77. The van der Waals surface area contributed by atoms with E-state index in [0.717, 1.165) is 44.7 Å². The number of nitrogens with one attached hydrogen (secondary N) is 1. The molecule has 31 heteroatoms. The number of hydrogen-bond donors (Lipinski definition) is 3. The Morgan fingerprint density at radius 3 is 2.24 bits per heavy atom. The van der Waals surface area contributed by atoms with Gasteiger partial charge in [-0.2, -0.15) is 4.98 Å². The lowest BCUT2D eigenvalue weighted by Gasteiger charge is -2.30. The molecular formula is C53H48BF2N13O12P2S. The molecule has 0 aliphatic carbocycles. The summed E-state index contributed by atoms with van der Waals surface area (Å²) in [7, 11) is 3.34. The lowest BCUT2D eigenvalue weighted by atomic mass is 9.96. The van der Waals surface area contributed by atoms with Crippen LogP contribution in [0.5, 0.6) is 11.5 Å². The van der Waals surface area contributed by atoms with E-state index in [1.165, 1.54) is 35.3 Å². The van der Waals surface area contributed by atoms with Crippen LogP contribution >= 0.6 is 25.7 Å². The Morgan fingerprint density at radius 1 is 0.810 bits per heavy atom. The van der Waals surface area contributed by atoms with Crippen LogP contribution in [-0.2, 0) is 55.5 Å². The average molecular weight is 1200 g/mol. The summed E-state index contributed by atoms with van der Waals surface area (Å²) in [5, 5.41) is 9.18. The predicted molar refractivity (Wildman–Crippen MR) is 302 cm³/mol. The second-order valence-corrected chi connectivity index (χ2v) is 25.5. The minimum Gasteiger partial charge on any atom is -0.492 e. The molecular weight excluding hydrogens is 1150 g/mol. The first-order valence-corrected chi connectivity index (χ1v) is 30.9. The van der Waals surface area contributed by atoms with Crippen LogP contribution in [0, 0.1) is 0 Å². The highest BCUT2D eigenvalue weighted by molar-refractivity contribution is 8.54. The summed E-state index contributed by atoms with van der Waals surface area (Å²) in [6.45, 7) is -4.84. The van der Waals surface area contributed by atoms with E-state index in [1.807, 2.05) is 28.9 Å². The molecule has 4 aliphatic rings. The number of nitrogens with two attached hydrogens (primary N) is 2. The van der Waals surface area contributed by atoms with E-state index >= 15 is 13.3 Å². The number of aromatic nitrogens is 10. The van der Waals surface area contributed by atoms with Gasteiger partial charge in [-0.1, -0.05) is 59.8 Å². The summed E-state index contributed by atoms with van der Waals surface area (Å²) in [5.41, 5.74) is 18.1. The molecule has 10 atom stereocenters. The van der Waals surface area contributed by atoms with Crippen LogP contribution in [0.4, 0.5) is 26.1 Å². The number of pyridine rings is 1. The van der Waals surface area contributed by atoms with Gasteiger partial charge in [0.25, 0.3) is 13.0 Å². The highest BCUT2D eigenvalue weighted by Gasteiger charge is 2.55. The number of imidazole rings is 2. The maximum Gasteiger partial charge on any atom is 0.389 e. The van der Waals surface area contributed by atoms with Crippen molar-refractivity contribution in [2.24, 2.45) is 0 Å². The number of esters is 1. The van der Waals surface area contributed by atoms with Crippen molar-refractivity contribution in [1.29, 1.82) is 0 Å². The topological polar surface area (TPSA) is 305 Å². The van der Waals surface area contributed by atoms with Crippen molar-refractivity contribution in [3.8, 4) is 34.0 Å². The summed E-state index contributed by atoms with van der Waals surface area (Å²) in [6.07, 6.45) is -10.5. The Labute approximate surface area is 480 Å². The summed E-state index contributed by atoms with van der Waals surface area (Å²) in [6, 6.07) is 30.6. The monoisotopic (exact) mass is 1200 g/mol. The van der Waals surface area contributed by atoms with Crippen LogP contribution < -0.4 is 31.4 Å². The number of para-hydroxylation sites is 1. The number of ether oxygens (including phenoxy) is 4. The van der Waals surface area contributed by atoms with Gasteiger partial charge in [-0.3, -0.25) is 32.5 Å². The summed E-state index contributed by atoms with van der Waals surface area (Å²) in [4.78, 5) is 47.2. The van der Waals surface area contributed by atoms with Gasteiger partial charge in [0.15, 0.2) is 41.6 Å². The van der Waals surface area contributed by atoms with E-state index in [4.69, 9.17) is 56.1 Å².